The number of amides is 6. The molecular formula is C54H30CuF3N10O15S. The van der Waals surface area contributed by atoms with Crippen LogP contribution in [0, 0.1) is 41.7 Å². The molecule has 0 bridgehead atoms. The summed E-state index contributed by atoms with van der Waals surface area (Å²) in [4.78, 5) is 124. The number of alkyl halides is 3. The summed E-state index contributed by atoms with van der Waals surface area (Å²) < 4.78 is 58.9. The third-order valence-corrected chi connectivity index (χ3v) is 12.8. The Balaban J connectivity index is 0.000000165. The van der Waals surface area contributed by atoms with Crippen molar-refractivity contribution in [3.63, 3.8) is 0 Å². The van der Waals surface area contributed by atoms with Gasteiger partial charge in [0.2, 0.25) is 0 Å². The first-order valence-electron chi connectivity index (χ1n) is 23.2. The predicted octanol–water partition coefficient (Wildman–Crippen LogP) is 9.41. The fourth-order valence-electron chi connectivity index (χ4n) is 8.88. The van der Waals surface area contributed by atoms with Gasteiger partial charge < -0.3 is 4.55 Å². The Morgan fingerprint density at radius 1 is 0.452 bits per heavy atom. The quantitative estimate of drug-likeness (QED) is 0.0373. The Hall–Kier alpha value is -11.1. The molecule has 0 spiro atoms. The molecule has 6 aromatic carbocycles. The first kappa shape index (κ1) is 60.5. The van der Waals surface area contributed by atoms with Gasteiger partial charge in [0.1, 0.15) is 0 Å². The largest absolute Gasteiger partial charge is 1.00 e. The molecule has 424 valence electrons. The number of hydrogen-bond acceptors (Lipinski definition) is 19. The van der Waals surface area contributed by atoms with Gasteiger partial charge in [0.15, 0.2) is 10.1 Å². The van der Waals surface area contributed by atoms with Crippen molar-refractivity contribution in [3.05, 3.63) is 228 Å². The summed E-state index contributed by atoms with van der Waals surface area (Å²) in [5.41, 5.74) is -3.43. The van der Waals surface area contributed by atoms with Gasteiger partial charge in [0, 0.05) is 93.3 Å². The number of nitriles is 1. The standard InChI is InChI=1S/3C17H9N3O4.C2H3N.CHF3O3S.Cu/c3*21-16-12-5-1-4-11-14(20(23)24)7-6-13(15(11)12)17(22)19(16)10-3-2-8-18-9-10;1-2-3;2-1(3,4)8(5,6)7;/h3*1-9H;1H3;(H,5,6,7);/q;;;;;+1/p-1. The third kappa shape index (κ3) is 11.3. The molecular weight excluding hydrogens is 1180 g/mol. The molecule has 12 rings (SSSR count). The maximum absolute atomic E-state index is 12.8. The minimum Gasteiger partial charge on any atom is -0.741 e. The first-order chi connectivity index (χ1) is 39.4. The minimum atomic E-state index is -6.09. The number of nitrogens with zero attached hydrogens (tertiary/aromatic N) is 10. The van der Waals surface area contributed by atoms with Crippen molar-refractivity contribution in [2.45, 2.75) is 12.4 Å². The van der Waals surface area contributed by atoms with E-state index in [1.165, 1.54) is 61.9 Å². The van der Waals surface area contributed by atoms with Gasteiger partial charge in [-0.3, -0.25) is 74.1 Å². The van der Waals surface area contributed by atoms with Crippen LogP contribution in [0.5, 0.6) is 0 Å². The Kier molecular flexibility index (Phi) is 17.5. The van der Waals surface area contributed by atoms with Gasteiger partial charge in [0.25, 0.3) is 52.5 Å². The molecule has 6 amide bonds. The molecule has 0 aliphatic carbocycles. The van der Waals surface area contributed by atoms with Crippen molar-refractivity contribution in [2.24, 2.45) is 0 Å². The van der Waals surface area contributed by atoms with Crippen LogP contribution < -0.4 is 14.7 Å². The van der Waals surface area contributed by atoms with Crippen molar-refractivity contribution in [3.8, 4) is 6.07 Å². The van der Waals surface area contributed by atoms with Gasteiger partial charge in [-0.15, -0.1) is 0 Å². The number of benzene rings is 6. The second kappa shape index (κ2) is 24.3. The normalized spacial score (nSPS) is 12.9. The molecule has 6 heterocycles. The number of rotatable bonds is 6. The summed E-state index contributed by atoms with van der Waals surface area (Å²) >= 11 is 0. The van der Waals surface area contributed by atoms with E-state index in [9.17, 15) is 72.3 Å². The summed E-state index contributed by atoms with van der Waals surface area (Å²) in [6.07, 6.45) is 8.90. The number of carbonyl (C=O) groups is 6. The zero-order chi connectivity index (χ0) is 60.2. The minimum absolute atomic E-state index is 0. The molecule has 0 atom stereocenters. The Labute approximate surface area is 478 Å². The third-order valence-electron chi connectivity index (χ3n) is 12.2. The number of pyridine rings is 3. The number of non-ortho nitro benzene ring substituents is 3. The van der Waals surface area contributed by atoms with E-state index in [4.69, 9.17) is 18.2 Å². The van der Waals surface area contributed by atoms with Crippen LogP contribution in [-0.4, -0.2) is 83.6 Å². The van der Waals surface area contributed by atoms with Crippen LogP contribution >= 0.6 is 0 Å². The zero-order valence-corrected chi connectivity index (χ0v) is 43.8. The van der Waals surface area contributed by atoms with E-state index in [1.54, 1.807) is 116 Å². The van der Waals surface area contributed by atoms with E-state index in [0.29, 0.717) is 33.2 Å². The Morgan fingerprint density at radius 2 is 0.679 bits per heavy atom. The summed E-state index contributed by atoms with van der Waals surface area (Å²) in [6, 6.07) is 33.5. The molecule has 9 aromatic rings. The Bertz CT molecular complexity index is 3940. The molecule has 0 radical (unpaired) electrons. The summed E-state index contributed by atoms with van der Waals surface area (Å²) in [5, 5.41) is 42.8. The molecule has 0 saturated carbocycles. The molecule has 3 aliphatic heterocycles. The van der Waals surface area contributed by atoms with Crippen LogP contribution in [-0.2, 0) is 27.2 Å². The van der Waals surface area contributed by atoms with Gasteiger partial charge >= 0.3 is 22.6 Å². The van der Waals surface area contributed by atoms with Crippen molar-refractivity contribution in [2.75, 3.05) is 14.7 Å². The van der Waals surface area contributed by atoms with E-state index < -0.39 is 65.8 Å². The number of hydrogen-bond donors (Lipinski definition) is 0. The smallest absolute Gasteiger partial charge is 0.741 e. The molecule has 30 heteroatoms. The van der Waals surface area contributed by atoms with Crippen molar-refractivity contribution in [1.82, 2.24) is 15.0 Å². The fourth-order valence-corrected chi connectivity index (χ4v) is 8.88. The summed E-state index contributed by atoms with van der Waals surface area (Å²) in [7, 11) is -6.09. The summed E-state index contributed by atoms with van der Waals surface area (Å²) in [6.45, 7) is 1.43. The van der Waals surface area contributed by atoms with E-state index in [-0.39, 0.29) is 83.7 Å². The van der Waals surface area contributed by atoms with Crippen LogP contribution in [0.25, 0.3) is 32.3 Å². The molecule has 3 aromatic heterocycles. The molecule has 25 nitrogen and oxygen atoms in total. The van der Waals surface area contributed by atoms with E-state index in [2.05, 4.69) is 15.0 Å². The van der Waals surface area contributed by atoms with Crippen molar-refractivity contribution < 1.29 is 86.7 Å². The number of anilines is 3. The average Bonchev–Trinajstić information content (AvgIpc) is 1.59. The monoisotopic (exact) mass is 1210 g/mol. The number of aromatic nitrogens is 3. The van der Waals surface area contributed by atoms with Crippen LogP contribution in [0.1, 0.15) is 69.1 Å². The predicted molar refractivity (Wildman–Crippen MR) is 285 cm³/mol. The number of nitro benzene ring substituents is 3. The second-order valence-corrected chi connectivity index (χ2v) is 18.3. The molecule has 0 N–H and O–H groups in total. The SMILES string of the molecule is CC#N.O=C1c2cccc3c([N+](=O)[O-])ccc(c23)C(=O)N1c1cccnc1.O=C1c2cccc3c([N+](=O)[O-])ccc(c23)C(=O)N1c1cccnc1.O=C1c2cccc3c([N+](=O)[O-])ccc(c23)C(=O)N1c1cccnc1.O=S(=O)([O-])C(F)(F)F.[Cu+]. The van der Waals surface area contributed by atoms with Crippen LogP contribution in [0.3, 0.4) is 0 Å². The van der Waals surface area contributed by atoms with Crippen LogP contribution in [0.4, 0.5) is 47.3 Å². The number of nitro groups is 3. The molecule has 0 saturated heterocycles. The number of imide groups is 3. The first-order valence-corrected chi connectivity index (χ1v) is 24.7. The van der Waals surface area contributed by atoms with E-state index in [1.807, 2.05) is 0 Å². The van der Waals surface area contributed by atoms with Gasteiger partial charge in [-0.05, 0) is 91.0 Å². The molecule has 0 unspecified atom stereocenters. The van der Waals surface area contributed by atoms with Gasteiger partial charge in [-0.25, -0.2) is 23.1 Å². The van der Waals surface area contributed by atoms with Gasteiger partial charge in [-0.1, -0.05) is 18.2 Å². The maximum atomic E-state index is 12.8. The number of halogens is 3. The van der Waals surface area contributed by atoms with Gasteiger partial charge in [0.05, 0.1) is 72.7 Å². The van der Waals surface area contributed by atoms with Crippen LogP contribution in [0.2, 0.25) is 0 Å². The zero-order valence-electron chi connectivity index (χ0n) is 42.0. The molecule has 84 heavy (non-hydrogen) atoms. The van der Waals surface area contributed by atoms with Gasteiger partial charge in [-0.2, -0.15) is 18.4 Å². The Morgan fingerprint density at radius 3 is 0.869 bits per heavy atom. The van der Waals surface area contributed by atoms with Crippen LogP contribution in [0.15, 0.2) is 165 Å². The van der Waals surface area contributed by atoms with Crippen molar-refractivity contribution in [1.29, 1.82) is 5.26 Å². The topological polar surface area (TPSA) is 361 Å². The maximum Gasteiger partial charge on any atom is 1.00 e. The average molecular weight is 1210 g/mol. The van der Waals surface area contributed by atoms with Crippen molar-refractivity contribution >= 4 is 112 Å². The number of carbonyl (C=O) groups excluding carboxylic acids is 6. The van der Waals surface area contributed by atoms with E-state index in [0.717, 1.165) is 14.7 Å². The molecule has 3 aliphatic rings. The van der Waals surface area contributed by atoms with E-state index >= 15 is 0 Å². The fraction of sp³-hybridized carbons (Fsp3) is 0.0370. The molecule has 0 fully saturated rings. The second-order valence-electron chi connectivity index (χ2n) is 16.9. The summed E-state index contributed by atoms with van der Waals surface area (Å²) in [5.74, 6) is -3.13.